The first-order valence-electron chi connectivity index (χ1n) is 15.5. The Kier molecular flexibility index (Phi) is 9.63. The Bertz CT molecular complexity index is 1610. The summed E-state index contributed by atoms with van der Waals surface area (Å²) in [7, 11) is -4.35. The van der Waals surface area contributed by atoms with Crippen LogP contribution in [-0.4, -0.2) is 65.2 Å². The molecule has 6 rings (SSSR count). The van der Waals surface area contributed by atoms with Crippen LogP contribution >= 0.6 is 7.75 Å². The Morgan fingerprint density at radius 3 is 2.72 bits per heavy atom. The number of hydrogen-bond donors (Lipinski definition) is 2. The van der Waals surface area contributed by atoms with E-state index in [2.05, 4.69) is 16.3 Å². The molecule has 3 fully saturated rings. The number of anilines is 1. The van der Waals surface area contributed by atoms with Crippen molar-refractivity contribution in [2.45, 2.75) is 88.5 Å². The molecular weight excluding hydrogens is 617 g/mol. The molecule has 2 aromatic heterocycles. The number of nitriles is 1. The van der Waals surface area contributed by atoms with Crippen LogP contribution in [0, 0.1) is 11.3 Å². The Balaban J connectivity index is 1.26. The van der Waals surface area contributed by atoms with Crippen LogP contribution in [-0.2, 0) is 37.6 Å². The highest BCUT2D eigenvalue weighted by Gasteiger charge is 2.64. The van der Waals surface area contributed by atoms with Crippen LogP contribution in [0.15, 0.2) is 54.7 Å². The van der Waals surface area contributed by atoms with E-state index in [1.807, 2.05) is 0 Å². The maximum absolute atomic E-state index is 14.3. The topological polar surface area (TPSA) is 178 Å². The van der Waals surface area contributed by atoms with Crippen molar-refractivity contribution in [3.05, 3.63) is 60.4 Å². The molecule has 3 aromatic rings. The summed E-state index contributed by atoms with van der Waals surface area (Å²) in [6.45, 7) is 1.93. The van der Waals surface area contributed by atoms with Crippen LogP contribution in [0.1, 0.15) is 57.7 Å². The van der Waals surface area contributed by atoms with Crippen molar-refractivity contribution in [3.63, 3.8) is 0 Å². The van der Waals surface area contributed by atoms with Crippen LogP contribution in [0.4, 0.5) is 5.69 Å². The highest BCUT2D eigenvalue weighted by atomic mass is 31.2. The van der Waals surface area contributed by atoms with Crippen LogP contribution in [0.5, 0.6) is 5.75 Å². The highest BCUT2D eigenvalue weighted by molar-refractivity contribution is 7.52. The molecule has 2 saturated heterocycles. The van der Waals surface area contributed by atoms with Gasteiger partial charge in [-0.25, -0.2) is 9.08 Å². The van der Waals surface area contributed by atoms with Crippen molar-refractivity contribution >= 4 is 24.9 Å². The number of para-hydroxylation sites is 1. The van der Waals surface area contributed by atoms with Crippen LogP contribution in [0.3, 0.4) is 0 Å². The molecule has 1 aromatic carbocycles. The molecule has 0 bridgehead atoms. The van der Waals surface area contributed by atoms with Crippen molar-refractivity contribution < 1.29 is 42.1 Å². The van der Waals surface area contributed by atoms with Crippen molar-refractivity contribution in [3.8, 4) is 11.8 Å². The van der Waals surface area contributed by atoms with Gasteiger partial charge in [-0.2, -0.15) is 15.4 Å². The molecule has 2 aliphatic heterocycles. The summed E-state index contributed by atoms with van der Waals surface area (Å²) in [6, 6.07) is 14.7. The van der Waals surface area contributed by atoms with E-state index >= 15 is 0 Å². The number of hydrogen-bond acceptors (Lipinski definition) is 12. The summed E-state index contributed by atoms with van der Waals surface area (Å²) in [5, 5.41) is 17.7. The van der Waals surface area contributed by atoms with Gasteiger partial charge in [0, 0.05) is 12.8 Å². The second-order valence-electron chi connectivity index (χ2n) is 11.5. The first-order valence-corrected chi connectivity index (χ1v) is 17.0. The maximum atomic E-state index is 14.3. The number of benzene rings is 1. The molecule has 1 aliphatic carbocycles. The predicted octanol–water partition coefficient (Wildman–Crippen LogP) is 4.41. The summed E-state index contributed by atoms with van der Waals surface area (Å²) < 4.78 is 57.5. The Hall–Kier alpha value is -3.54. The van der Waals surface area contributed by atoms with Gasteiger partial charge in [-0.1, -0.05) is 24.6 Å². The Morgan fingerprint density at radius 2 is 1.98 bits per heavy atom. The number of esters is 1. The van der Waals surface area contributed by atoms with Gasteiger partial charge < -0.3 is 33.9 Å². The van der Waals surface area contributed by atoms with E-state index in [9.17, 15) is 14.6 Å². The number of nitrogens with one attached hydrogen (secondary N) is 1. The van der Waals surface area contributed by atoms with Gasteiger partial charge >= 0.3 is 13.7 Å². The maximum Gasteiger partial charge on any atom is 0.459 e. The lowest BCUT2D eigenvalue weighted by Gasteiger charge is -2.30. The molecule has 246 valence electrons. The van der Waals surface area contributed by atoms with Crippen LogP contribution in [0.25, 0.3) is 5.52 Å². The van der Waals surface area contributed by atoms with Crippen molar-refractivity contribution in [2.75, 3.05) is 18.9 Å². The van der Waals surface area contributed by atoms with E-state index in [1.54, 1.807) is 66.2 Å². The fraction of sp³-hybridized carbons (Fsp3) is 0.516. The zero-order valence-electron chi connectivity index (χ0n) is 25.7. The third kappa shape index (κ3) is 6.63. The van der Waals surface area contributed by atoms with E-state index < -0.39 is 56.8 Å². The van der Waals surface area contributed by atoms with Crippen molar-refractivity contribution in [2.24, 2.45) is 0 Å². The van der Waals surface area contributed by atoms with Gasteiger partial charge in [0.2, 0.25) is 5.60 Å². The molecule has 0 spiro atoms. The summed E-state index contributed by atoms with van der Waals surface area (Å²) in [5.41, 5.74) is 6.01. The van der Waals surface area contributed by atoms with Crippen LogP contribution in [0.2, 0.25) is 0 Å². The second kappa shape index (κ2) is 13.7. The lowest BCUT2D eigenvalue weighted by molar-refractivity contribution is -0.268. The number of aromatic nitrogens is 2. The van der Waals surface area contributed by atoms with Gasteiger partial charge in [-0.15, -0.1) is 0 Å². The Morgan fingerprint density at radius 1 is 1.20 bits per heavy atom. The largest absolute Gasteiger partial charge is 0.461 e. The first-order chi connectivity index (χ1) is 22.2. The summed E-state index contributed by atoms with van der Waals surface area (Å²) in [5.74, 6) is -0.362. The molecule has 0 amide bonds. The zero-order valence-corrected chi connectivity index (χ0v) is 26.5. The fourth-order valence-electron chi connectivity index (χ4n) is 5.98. The fourth-order valence-corrected chi connectivity index (χ4v) is 7.50. The molecule has 4 heterocycles. The average molecular weight is 656 g/mol. The minimum Gasteiger partial charge on any atom is -0.461 e. The van der Waals surface area contributed by atoms with Gasteiger partial charge in [0.1, 0.15) is 48.9 Å². The molecule has 46 heavy (non-hydrogen) atoms. The number of nitrogen functional groups attached to an aromatic ring is 1. The molecule has 7 atom stereocenters. The number of carbonyl (C=O) groups excluding carboxylic acids is 1. The number of ether oxygens (including phenoxy) is 5. The monoisotopic (exact) mass is 655 g/mol. The lowest BCUT2D eigenvalue weighted by Crippen LogP contribution is -2.46. The van der Waals surface area contributed by atoms with E-state index in [-0.39, 0.29) is 18.5 Å². The molecule has 14 nitrogen and oxygen atoms in total. The van der Waals surface area contributed by atoms with E-state index in [4.69, 9.17) is 38.5 Å². The van der Waals surface area contributed by atoms with Crippen LogP contribution < -0.4 is 15.3 Å². The minimum absolute atomic E-state index is 0.198. The molecule has 3 aliphatic rings. The van der Waals surface area contributed by atoms with Gasteiger partial charge in [0.05, 0.1) is 16.9 Å². The van der Waals surface area contributed by atoms with Gasteiger partial charge in [-0.05, 0) is 69.9 Å². The quantitative estimate of drug-likeness (QED) is 0.207. The van der Waals surface area contributed by atoms with Crippen molar-refractivity contribution in [1.29, 1.82) is 5.26 Å². The summed E-state index contributed by atoms with van der Waals surface area (Å²) >= 11 is 0. The molecule has 1 saturated carbocycles. The zero-order chi connectivity index (χ0) is 32.3. The Labute approximate surface area is 266 Å². The number of fused-ring (bicyclic) bond motifs is 2. The SMILES string of the molecule is CCOC1O[C@H]2[C@H](c3ccc4c(N)ccnn34)O[C@](C#N)(COP(=O)(N[C@@H](C)C(=O)OC3CCCCC3)Oc3ccccc3)[C@H]2O1. The third-order valence-corrected chi connectivity index (χ3v) is 9.90. The smallest absolute Gasteiger partial charge is 0.459 e. The number of rotatable bonds is 12. The molecule has 15 heteroatoms. The number of carbonyl (C=O) groups is 1. The standard InChI is InChI=1S/C31H38N5O9P/c1-3-39-30-42-27-26(25-15-14-24-23(33)16-17-34-36(24)25)44-31(18-32,28(27)43-30)19-40-46(38,45-22-12-8-5-9-13-22)35-20(2)29(37)41-21-10-6-4-7-11-21/h5,8-9,12-17,20-21,26-28,30H,3-4,6-7,10-11,19,33H2,1-2H3,(H,35,38)/t20-,26-,27-,28-,30?,31+,46?/m0/s1. The van der Waals surface area contributed by atoms with E-state index in [0.717, 1.165) is 32.1 Å². The molecule has 3 N–H and O–H groups in total. The summed E-state index contributed by atoms with van der Waals surface area (Å²) in [4.78, 5) is 13.0. The molecule has 2 unspecified atom stereocenters. The van der Waals surface area contributed by atoms with E-state index in [0.29, 0.717) is 16.9 Å². The number of nitrogens with zero attached hydrogens (tertiary/aromatic N) is 3. The van der Waals surface area contributed by atoms with Gasteiger partial charge in [0.15, 0.2) is 0 Å². The second-order valence-corrected chi connectivity index (χ2v) is 13.2. The minimum atomic E-state index is -4.35. The average Bonchev–Trinajstić information content (AvgIpc) is 3.75. The first kappa shape index (κ1) is 32.4. The van der Waals surface area contributed by atoms with Crippen molar-refractivity contribution in [1.82, 2.24) is 14.7 Å². The van der Waals surface area contributed by atoms with Gasteiger partial charge in [0.25, 0.3) is 6.48 Å². The normalized spacial score (nSPS) is 28.3. The third-order valence-electron chi connectivity index (χ3n) is 8.28. The predicted molar refractivity (Wildman–Crippen MR) is 163 cm³/mol. The van der Waals surface area contributed by atoms with Gasteiger partial charge in [-0.3, -0.25) is 9.32 Å². The number of nitrogens with two attached hydrogens (primary N) is 1. The molecule has 0 radical (unpaired) electrons. The summed E-state index contributed by atoms with van der Waals surface area (Å²) in [6.07, 6.45) is 3.26. The molecular formula is C31H38N5O9P. The lowest BCUT2D eigenvalue weighted by atomic mass is 9.96. The highest BCUT2D eigenvalue weighted by Crippen LogP contribution is 2.51. The van der Waals surface area contributed by atoms with E-state index in [1.165, 1.54) is 6.92 Å².